The first-order valence-electron chi connectivity index (χ1n) is 6.42. The fraction of sp³-hybridized carbons (Fsp3) is 0.0588. The van der Waals surface area contributed by atoms with E-state index in [-0.39, 0.29) is 5.78 Å². The summed E-state index contributed by atoms with van der Waals surface area (Å²) >= 11 is 9.37. The van der Waals surface area contributed by atoms with E-state index >= 15 is 0 Å². The number of nitrogens with zero attached hydrogens (tertiary/aromatic N) is 1. The van der Waals surface area contributed by atoms with Crippen LogP contribution >= 0.6 is 27.5 Å². The second kappa shape index (κ2) is 5.58. The minimum atomic E-state index is -0.0492. The van der Waals surface area contributed by atoms with Crippen molar-refractivity contribution in [3.8, 4) is 0 Å². The quantitative estimate of drug-likeness (QED) is 0.589. The number of halogens is 2. The second-order valence-corrected chi connectivity index (χ2v) is 6.08. The molecule has 0 bridgehead atoms. The Morgan fingerprint density at radius 3 is 2.52 bits per heavy atom. The Kier molecular flexibility index (Phi) is 3.79. The van der Waals surface area contributed by atoms with Crippen molar-refractivity contribution >= 4 is 44.2 Å². The summed E-state index contributed by atoms with van der Waals surface area (Å²) in [6.07, 6.45) is 0. The number of aromatic nitrogens is 1. The Morgan fingerprint density at radius 1 is 1.05 bits per heavy atom. The molecule has 3 aromatic rings. The number of carbonyl (C=O) groups is 1. The molecule has 0 aliphatic carbocycles. The molecule has 1 heterocycles. The lowest BCUT2D eigenvalue weighted by molar-refractivity contribution is 0.103. The van der Waals surface area contributed by atoms with Gasteiger partial charge in [-0.3, -0.25) is 9.78 Å². The second-order valence-electron chi connectivity index (χ2n) is 4.82. The summed E-state index contributed by atoms with van der Waals surface area (Å²) in [4.78, 5) is 17.0. The molecule has 104 valence electrons. The van der Waals surface area contributed by atoms with Crippen LogP contribution in [0, 0.1) is 6.92 Å². The number of ketones is 1. The summed E-state index contributed by atoms with van der Waals surface area (Å²) in [7, 11) is 0. The molecule has 0 amide bonds. The van der Waals surface area contributed by atoms with Crippen molar-refractivity contribution in [3.05, 3.63) is 74.8 Å². The number of benzene rings is 2. The van der Waals surface area contributed by atoms with Crippen LogP contribution in [0.2, 0.25) is 5.02 Å². The first-order valence-corrected chi connectivity index (χ1v) is 7.59. The molecule has 4 heteroatoms. The van der Waals surface area contributed by atoms with Crippen LogP contribution in [0.4, 0.5) is 0 Å². The van der Waals surface area contributed by atoms with Gasteiger partial charge in [-0.25, -0.2) is 0 Å². The maximum Gasteiger partial charge on any atom is 0.193 e. The minimum absolute atomic E-state index is 0.0492. The molecular formula is C17H11BrClNO. The van der Waals surface area contributed by atoms with Crippen LogP contribution in [0.5, 0.6) is 0 Å². The number of hydrogen-bond acceptors (Lipinski definition) is 2. The van der Waals surface area contributed by atoms with E-state index in [4.69, 9.17) is 11.6 Å². The molecule has 21 heavy (non-hydrogen) atoms. The van der Waals surface area contributed by atoms with Crippen molar-refractivity contribution < 1.29 is 4.79 Å². The maximum atomic E-state index is 12.5. The molecule has 0 fully saturated rings. The van der Waals surface area contributed by atoms with Crippen molar-refractivity contribution in [2.24, 2.45) is 0 Å². The Labute approximate surface area is 135 Å². The summed E-state index contributed by atoms with van der Waals surface area (Å²) in [6.45, 7) is 1.95. The zero-order chi connectivity index (χ0) is 15.0. The number of hydrogen-bond donors (Lipinski definition) is 0. The fourth-order valence-electron chi connectivity index (χ4n) is 2.17. The molecule has 2 nitrogen and oxygen atoms in total. The molecule has 0 aliphatic heterocycles. The Morgan fingerprint density at radius 2 is 1.76 bits per heavy atom. The van der Waals surface area contributed by atoms with Crippen LogP contribution in [-0.2, 0) is 0 Å². The van der Waals surface area contributed by atoms with Gasteiger partial charge in [0.25, 0.3) is 0 Å². The average Bonchev–Trinajstić information content (AvgIpc) is 2.49. The molecule has 0 saturated heterocycles. The summed E-state index contributed by atoms with van der Waals surface area (Å²) in [6, 6.07) is 14.7. The predicted octanol–water partition coefficient (Wildman–Crippen LogP) is 5.19. The lowest BCUT2D eigenvalue weighted by Crippen LogP contribution is -2.01. The van der Waals surface area contributed by atoms with Gasteiger partial charge in [0, 0.05) is 26.7 Å². The van der Waals surface area contributed by atoms with E-state index in [9.17, 15) is 4.79 Å². The predicted molar refractivity (Wildman–Crippen MR) is 89.1 cm³/mol. The molecule has 2 aromatic carbocycles. The van der Waals surface area contributed by atoms with Crippen LogP contribution in [0.15, 0.2) is 53.0 Å². The molecule has 0 radical (unpaired) electrons. The third-order valence-corrected chi connectivity index (χ3v) is 4.50. The smallest absolute Gasteiger partial charge is 0.193 e. The van der Waals surface area contributed by atoms with Gasteiger partial charge >= 0.3 is 0 Å². The molecule has 0 saturated carbocycles. The molecular weight excluding hydrogens is 350 g/mol. The van der Waals surface area contributed by atoms with Crippen LogP contribution < -0.4 is 0 Å². The van der Waals surface area contributed by atoms with Crippen molar-refractivity contribution in [3.63, 3.8) is 0 Å². The van der Waals surface area contributed by atoms with Gasteiger partial charge in [0.2, 0.25) is 0 Å². The number of pyridine rings is 1. The zero-order valence-corrected chi connectivity index (χ0v) is 13.6. The third kappa shape index (κ3) is 2.85. The first-order chi connectivity index (χ1) is 10.0. The number of carbonyl (C=O) groups excluding carboxylic acids is 1. The van der Waals surface area contributed by atoms with Gasteiger partial charge in [0.05, 0.1) is 10.5 Å². The molecule has 0 spiro atoms. The average molecular weight is 361 g/mol. The monoisotopic (exact) mass is 359 g/mol. The van der Waals surface area contributed by atoms with Gasteiger partial charge in [0.15, 0.2) is 5.78 Å². The Balaban J connectivity index is 2.04. The van der Waals surface area contributed by atoms with E-state index < -0.39 is 0 Å². The summed E-state index contributed by atoms with van der Waals surface area (Å²) in [5.41, 5.74) is 3.05. The van der Waals surface area contributed by atoms with Crippen LogP contribution in [0.3, 0.4) is 0 Å². The highest BCUT2D eigenvalue weighted by molar-refractivity contribution is 9.10. The van der Waals surface area contributed by atoms with Gasteiger partial charge in [-0.15, -0.1) is 0 Å². The first kappa shape index (κ1) is 14.2. The highest BCUT2D eigenvalue weighted by Gasteiger charge is 2.11. The summed E-state index contributed by atoms with van der Waals surface area (Å²) in [5, 5.41) is 1.48. The topological polar surface area (TPSA) is 30.0 Å². The van der Waals surface area contributed by atoms with Crippen LogP contribution in [0.25, 0.3) is 10.9 Å². The summed E-state index contributed by atoms with van der Waals surface area (Å²) < 4.78 is 0.777. The fourth-order valence-corrected chi connectivity index (χ4v) is 2.60. The van der Waals surface area contributed by atoms with Gasteiger partial charge < -0.3 is 0 Å². The lowest BCUT2D eigenvalue weighted by atomic mass is 10.0. The molecule has 0 aliphatic rings. The van der Waals surface area contributed by atoms with E-state index in [0.29, 0.717) is 16.1 Å². The van der Waals surface area contributed by atoms with Gasteiger partial charge in [0.1, 0.15) is 0 Å². The van der Waals surface area contributed by atoms with E-state index in [2.05, 4.69) is 20.9 Å². The molecule has 1 aromatic heterocycles. The maximum absolute atomic E-state index is 12.5. The molecule has 0 unspecified atom stereocenters. The Hall–Kier alpha value is -1.71. The van der Waals surface area contributed by atoms with Crippen molar-refractivity contribution in [1.82, 2.24) is 4.98 Å². The van der Waals surface area contributed by atoms with Gasteiger partial charge in [-0.05, 0) is 65.3 Å². The molecule has 3 rings (SSSR count). The summed E-state index contributed by atoms with van der Waals surface area (Å²) in [5.74, 6) is -0.0492. The molecule has 0 atom stereocenters. The van der Waals surface area contributed by atoms with Crippen molar-refractivity contribution in [2.45, 2.75) is 6.92 Å². The van der Waals surface area contributed by atoms with Crippen molar-refractivity contribution in [2.75, 3.05) is 0 Å². The van der Waals surface area contributed by atoms with E-state index in [1.54, 1.807) is 24.3 Å². The van der Waals surface area contributed by atoms with Crippen LogP contribution in [0.1, 0.15) is 21.6 Å². The van der Waals surface area contributed by atoms with E-state index in [1.165, 1.54) is 0 Å². The standard InChI is InChI=1S/C17H11BrClNO/c1-10-2-3-11-8-12(5-7-16(11)20-10)17(21)13-4-6-14(18)15(19)9-13/h2-9H,1H3. The molecule has 0 N–H and O–H groups in total. The SMILES string of the molecule is Cc1ccc2cc(C(=O)c3ccc(Br)c(Cl)c3)ccc2n1. The lowest BCUT2D eigenvalue weighted by Gasteiger charge is -2.05. The largest absolute Gasteiger partial charge is 0.289 e. The number of fused-ring (bicyclic) bond motifs is 1. The number of rotatable bonds is 2. The van der Waals surface area contributed by atoms with E-state index in [1.807, 2.05) is 31.2 Å². The van der Waals surface area contributed by atoms with Crippen LogP contribution in [-0.4, -0.2) is 10.8 Å². The number of aryl methyl sites for hydroxylation is 1. The Bertz CT molecular complexity index is 861. The normalized spacial score (nSPS) is 10.8. The third-order valence-electron chi connectivity index (χ3n) is 3.27. The van der Waals surface area contributed by atoms with E-state index in [0.717, 1.165) is 21.1 Å². The minimum Gasteiger partial charge on any atom is -0.289 e. The zero-order valence-electron chi connectivity index (χ0n) is 11.2. The van der Waals surface area contributed by atoms with Gasteiger partial charge in [-0.2, -0.15) is 0 Å². The highest BCUT2D eigenvalue weighted by Crippen LogP contribution is 2.25. The highest BCUT2D eigenvalue weighted by atomic mass is 79.9. The van der Waals surface area contributed by atoms with Crippen molar-refractivity contribution in [1.29, 1.82) is 0 Å². The van der Waals surface area contributed by atoms with Gasteiger partial charge in [-0.1, -0.05) is 17.7 Å².